The van der Waals surface area contributed by atoms with E-state index in [4.69, 9.17) is 4.74 Å². The van der Waals surface area contributed by atoms with Crippen molar-refractivity contribution in [3.8, 4) is 34.3 Å². The zero-order valence-corrected chi connectivity index (χ0v) is 16.4. The molecule has 0 N–H and O–H groups in total. The van der Waals surface area contributed by atoms with Crippen LogP contribution in [0, 0.1) is 11.6 Å². The van der Waals surface area contributed by atoms with E-state index in [-0.39, 0.29) is 11.6 Å². The van der Waals surface area contributed by atoms with Gasteiger partial charge in [0.05, 0.1) is 11.3 Å². The molecule has 4 nitrogen and oxygen atoms in total. The molecule has 0 amide bonds. The average Bonchev–Trinajstić information content (AvgIpc) is 3.19. The Morgan fingerprint density at radius 3 is 2.42 bits per heavy atom. The van der Waals surface area contributed by atoms with Crippen LogP contribution in [0.4, 0.5) is 8.78 Å². The highest BCUT2D eigenvalue weighted by atomic mass is 19.1. The number of rotatable bonds is 5. The molecule has 5 rings (SSSR count). The summed E-state index contributed by atoms with van der Waals surface area (Å²) in [5, 5.41) is 0. The van der Waals surface area contributed by atoms with Crippen molar-refractivity contribution >= 4 is 0 Å². The van der Waals surface area contributed by atoms with Crippen molar-refractivity contribution in [1.29, 1.82) is 0 Å². The van der Waals surface area contributed by atoms with Crippen LogP contribution >= 0.6 is 0 Å². The second-order valence-electron chi connectivity index (χ2n) is 7.12. The molecule has 0 aliphatic carbocycles. The molecule has 0 unspecified atom stereocenters. The molecule has 0 saturated heterocycles. The standard InChI is InChI=1S/C25H17F2N3O/c26-18-8-10-19(11-9-18)31-20-5-3-4-17(14-20)15-30-13-12-23-24(16-30)29-25(28-23)21-6-1-2-7-22(21)27/h1-14,16H,15H2. The Morgan fingerprint density at radius 1 is 0.774 bits per heavy atom. The Kier molecular flexibility index (Phi) is 4.88. The molecule has 3 aromatic rings. The molecule has 31 heavy (non-hydrogen) atoms. The SMILES string of the molecule is Fc1ccc(Oc2cccc(Cn3ccc4nc(-c5ccccc5F)nc-4c3)c2)cc1. The summed E-state index contributed by atoms with van der Waals surface area (Å²) in [4.78, 5) is 8.95. The van der Waals surface area contributed by atoms with E-state index in [2.05, 4.69) is 9.97 Å². The van der Waals surface area contributed by atoms with E-state index < -0.39 is 0 Å². The van der Waals surface area contributed by atoms with E-state index in [1.54, 1.807) is 30.3 Å². The molecular formula is C25H17F2N3O. The van der Waals surface area contributed by atoms with Crippen molar-refractivity contribution in [2.75, 3.05) is 0 Å². The van der Waals surface area contributed by atoms with Gasteiger partial charge in [0.2, 0.25) is 0 Å². The fourth-order valence-electron chi connectivity index (χ4n) is 3.37. The first-order valence-electron chi connectivity index (χ1n) is 9.75. The van der Waals surface area contributed by atoms with E-state index >= 15 is 0 Å². The molecule has 0 atom stereocenters. The largest absolute Gasteiger partial charge is 0.457 e. The van der Waals surface area contributed by atoms with Gasteiger partial charge in [0.25, 0.3) is 0 Å². The van der Waals surface area contributed by atoms with E-state index in [0.717, 1.165) is 5.56 Å². The number of hydrogen-bond acceptors (Lipinski definition) is 3. The van der Waals surface area contributed by atoms with Crippen LogP contribution in [-0.4, -0.2) is 14.5 Å². The van der Waals surface area contributed by atoms with Gasteiger partial charge in [-0.1, -0.05) is 24.3 Å². The summed E-state index contributed by atoms with van der Waals surface area (Å²) in [5.41, 5.74) is 2.82. The van der Waals surface area contributed by atoms with Crippen LogP contribution in [0.25, 0.3) is 22.8 Å². The van der Waals surface area contributed by atoms with E-state index in [1.165, 1.54) is 18.2 Å². The van der Waals surface area contributed by atoms with Crippen LogP contribution in [0.15, 0.2) is 91.3 Å². The van der Waals surface area contributed by atoms with Crippen LogP contribution in [0.2, 0.25) is 0 Å². The summed E-state index contributed by atoms with van der Waals surface area (Å²) in [6, 6.07) is 21.9. The summed E-state index contributed by atoms with van der Waals surface area (Å²) in [7, 11) is 0. The number of pyridine rings is 1. The lowest BCUT2D eigenvalue weighted by molar-refractivity contribution is 0.479. The fourth-order valence-corrected chi connectivity index (χ4v) is 3.37. The number of ether oxygens (including phenoxy) is 1. The van der Waals surface area contributed by atoms with Gasteiger partial charge >= 0.3 is 0 Å². The monoisotopic (exact) mass is 413 g/mol. The van der Waals surface area contributed by atoms with Gasteiger partial charge in [-0.05, 0) is 60.2 Å². The Balaban J connectivity index is 1.37. The molecule has 0 bridgehead atoms. The molecule has 6 heteroatoms. The third-order valence-electron chi connectivity index (χ3n) is 4.85. The van der Waals surface area contributed by atoms with Crippen molar-refractivity contribution in [3.05, 3.63) is 108 Å². The first-order chi connectivity index (χ1) is 15.1. The Bertz CT molecular complexity index is 1310. The van der Waals surface area contributed by atoms with Gasteiger partial charge in [0.15, 0.2) is 5.82 Å². The third-order valence-corrected chi connectivity index (χ3v) is 4.85. The smallest absolute Gasteiger partial charge is 0.163 e. The number of fused-ring (bicyclic) bond motifs is 1. The van der Waals surface area contributed by atoms with Gasteiger partial charge in [-0.25, -0.2) is 18.7 Å². The molecule has 3 aromatic carbocycles. The molecule has 152 valence electrons. The van der Waals surface area contributed by atoms with Crippen LogP contribution < -0.4 is 4.74 Å². The normalized spacial score (nSPS) is 11.0. The van der Waals surface area contributed by atoms with Crippen molar-refractivity contribution in [2.24, 2.45) is 0 Å². The van der Waals surface area contributed by atoms with Crippen LogP contribution in [0.1, 0.15) is 5.56 Å². The number of benzene rings is 3. The molecule has 0 saturated carbocycles. The van der Waals surface area contributed by atoms with E-state index in [1.807, 2.05) is 47.3 Å². The summed E-state index contributed by atoms with van der Waals surface area (Å²) in [6.45, 7) is 0.596. The molecule has 2 aliphatic heterocycles. The molecule has 0 fully saturated rings. The Labute approximate surface area is 177 Å². The van der Waals surface area contributed by atoms with Gasteiger partial charge in [-0.3, -0.25) is 0 Å². The van der Waals surface area contributed by atoms with Crippen molar-refractivity contribution in [2.45, 2.75) is 6.54 Å². The van der Waals surface area contributed by atoms with Gasteiger partial charge in [0, 0.05) is 18.9 Å². The quantitative estimate of drug-likeness (QED) is 0.346. The minimum absolute atomic E-state index is 0.304. The fraction of sp³-hybridized carbons (Fsp3) is 0.0400. The first-order valence-corrected chi connectivity index (χ1v) is 9.75. The van der Waals surface area contributed by atoms with Crippen molar-refractivity contribution in [3.63, 3.8) is 0 Å². The number of halogens is 2. The predicted molar refractivity (Wildman–Crippen MR) is 114 cm³/mol. The lowest BCUT2D eigenvalue weighted by atomic mass is 10.2. The topological polar surface area (TPSA) is 39.9 Å². The molecule has 0 aromatic heterocycles. The number of imidazole rings is 1. The summed E-state index contributed by atoms with van der Waals surface area (Å²) in [5.74, 6) is 0.965. The Morgan fingerprint density at radius 2 is 1.58 bits per heavy atom. The zero-order chi connectivity index (χ0) is 21.2. The van der Waals surface area contributed by atoms with E-state index in [0.29, 0.717) is 40.8 Å². The van der Waals surface area contributed by atoms with Crippen molar-refractivity contribution < 1.29 is 13.5 Å². The average molecular weight is 413 g/mol. The summed E-state index contributed by atoms with van der Waals surface area (Å²) >= 11 is 0. The first kappa shape index (κ1) is 18.9. The minimum Gasteiger partial charge on any atom is -0.457 e. The predicted octanol–water partition coefficient (Wildman–Crippen LogP) is 6.17. The summed E-state index contributed by atoms with van der Waals surface area (Å²) in [6.07, 6.45) is 3.80. The van der Waals surface area contributed by atoms with Crippen LogP contribution in [0.5, 0.6) is 11.5 Å². The van der Waals surface area contributed by atoms with E-state index in [9.17, 15) is 8.78 Å². The van der Waals surface area contributed by atoms with Gasteiger partial charge in [-0.2, -0.15) is 0 Å². The van der Waals surface area contributed by atoms with Crippen LogP contribution in [-0.2, 0) is 6.54 Å². The number of aromatic nitrogens is 3. The molecule has 2 heterocycles. The second kappa shape index (κ2) is 7.99. The minimum atomic E-state index is -0.344. The lowest BCUT2D eigenvalue weighted by Crippen LogP contribution is -2.01. The van der Waals surface area contributed by atoms with Crippen molar-refractivity contribution in [1.82, 2.24) is 14.5 Å². The molecule has 0 radical (unpaired) electrons. The molecule has 2 aliphatic rings. The lowest BCUT2D eigenvalue weighted by Gasteiger charge is -2.10. The maximum Gasteiger partial charge on any atom is 0.163 e. The van der Waals surface area contributed by atoms with Gasteiger partial charge in [0.1, 0.15) is 28.8 Å². The molecule has 0 spiro atoms. The number of hydrogen-bond donors (Lipinski definition) is 0. The zero-order valence-electron chi connectivity index (χ0n) is 16.4. The third kappa shape index (κ3) is 4.14. The maximum absolute atomic E-state index is 14.1. The van der Waals surface area contributed by atoms with Gasteiger partial charge in [-0.15, -0.1) is 0 Å². The molecular weight excluding hydrogens is 396 g/mol. The Hall–Kier alpha value is -4.06. The highest BCUT2D eigenvalue weighted by Crippen LogP contribution is 2.27. The van der Waals surface area contributed by atoms with Gasteiger partial charge < -0.3 is 9.30 Å². The summed E-state index contributed by atoms with van der Waals surface area (Å²) < 4.78 is 34.9. The number of nitrogens with zero attached hydrogens (tertiary/aromatic N) is 3. The van der Waals surface area contributed by atoms with Crippen LogP contribution in [0.3, 0.4) is 0 Å². The highest BCUT2D eigenvalue weighted by molar-refractivity contribution is 5.65. The second-order valence-corrected chi connectivity index (χ2v) is 7.12. The highest BCUT2D eigenvalue weighted by Gasteiger charge is 2.15. The maximum atomic E-state index is 14.1.